The Morgan fingerprint density at radius 3 is 2.10 bits per heavy atom. The van der Waals surface area contributed by atoms with Gasteiger partial charge < -0.3 is 10.2 Å². The molecule has 2 saturated heterocycles. The lowest BCUT2D eigenvalue weighted by Crippen LogP contribution is -2.47. The molecule has 2 aliphatic heterocycles. The summed E-state index contributed by atoms with van der Waals surface area (Å²) in [6.07, 6.45) is 0.350. The molecular weight excluding hydrogens is 418 g/mol. The van der Waals surface area contributed by atoms with E-state index < -0.39 is 45.8 Å². The number of nitrogens with zero attached hydrogens (tertiary/aromatic N) is 2. The Morgan fingerprint density at radius 1 is 1.06 bits per heavy atom. The standard InChI is InChI=1S/C22H23N3O5S/c1-24(18-12-13-31(29,30)15-18)19(26)14-25-20(27)22(23-21(25)28,16-8-4-2-5-9-16)17-10-6-3-7-11-17/h2-11,18H,12-15H2,1H3,(H,23,28)/t18-/m0/s1. The largest absolute Gasteiger partial charge is 0.340 e. The van der Waals surface area contributed by atoms with Crippen LogP contribution in [0.4, 0.5) is 4.79 Å². The molecule has 1 N–H and O–H groups in total. The van der Waals surface area contributed by atoms with Crippen LogP contribution in [0, 0.1) is 0 Å². The summed E-state index contributed by atoms with van der Waals surface area (Å²) in [5.41, 5.74) is -0.260. The minimum atomic E-state index is -3.17. The van der Waals surface area contributed by atoms with Crippen LogP contribution in [-0.2, 0) is 25.0 Å². The van der Waals surface area contributed by atoms with E-state index in [0.717, 1.165) is 4.90 Å². The Labute approximate surface area is 180 Å². The van der Waals surface area contributed by atoms with Crippen molar-refractivity contribution in [3.05, 3.63) is 71.8 Å². The van der Waals surface area contributed by atoms with Crippen molar-refractivity contribution in [2.24, 2.45) is 0 Å². The molecule has 0 aliphatic carbocycles. The summed E-state index contributed by atoms with van der Waals surface area (Å²) in [5.74, 6) is -1.10. The molecule has 2 fully saturated rings. The maximum atomic E-state index is 13.6. The van der Waals surface area contributed by atoms with Gasteiger partial charge in [0.1, 0.15) is 6.54 Å². The van der Waals surface area contributed by atoms with Crippen LogP contribution in [0.3, 0.4) is 0 Å². The number of imide groups is 1. The third-order valence-electron chi connectivity index (χ3n) is 5.96. The molecule has 2 aromatic rings. The van der Waals surface area contributed by atoms with Crippen molar-refractivity contribution in [1.82, 2.24) is 15.1 Å². The molecule has 4 rings (SSSR count). The summed E-state index contributed by atoms with van der Waals surface area (Å²) in [7, 11) is -1.66. The molecular formula is C22H23N3O5S. The highest BCUT2D eigenvalue weighted by Crippen LogP contribution is 2.36. The average Bonchev–Trinajstić information content (AvgIpc) is 3.26. The van der Waals surface area contributed by atoms with Crippen LogP contribution in [0.1, 0.15) is 17.5 Å². The molecule has 4 amide bonds. The molecule has 31 heavy (non-hydrogen) atoms. The van der Waals surface area contributed by atoms with E-state index in [1.54, 1.807) is 48.5 Å². The van der Waals surface area contributed by atoms with Crippen LogP contribution in [0.15, 0.2) is 60.7 Å². The fraction of sp³-hybridized carbons (Fsp3) is 0.318. The second kappa shape index (κ2) is 7.81. The number of carbonyl (C=O) groups is 3. The highest BCUT2D eigenvalue weighted by Gasteiger charge is 2.54. The number of hydrogen-bond acceptors (Lipinski definition) is 5. The second-order valence-corrected chi connectivity index (χ2v) is 10.1. The SMILES string of the molecule is CN(C(=O)CN1C(=O)NC(c2ccccc2)(c2ccccc2)C1=O)[C@H]1CCS(=O)(=O)C1. The summed E-state index contributed by atoms with van der Waals surface area (Å²) in [4.78, 5) is 41.5. The normalized spacial score (nSPS) is 21.7. The predicted molar refractivity (Wildman–Crippen MR) is 114 cm³/mol. The molecule has 0 spiro atoms. The molecule has 0 aromatic heterocycles. The lowest BCUT2D eigenvalue weighted by molar-refractivity contribution is -0.138. The van der Waals surface area contributed by atoms with Crippen LogP contribution in [-0.4, -0.2) is 67.2 Å². The number of amides is 4. The predicted octanol–water partition coefficient (Wildman–Crippen LogP) is 1.13. The zero-order chi connectivity index (χ0) is 22.2. The van der Waals surface area contributed by atoms with Gasteiger partial charge >= 0.3 is 6.03 Å². The smallest absolute Gasteiger partial charge is 0.326 e. The average molecular weight is 442 g/mol. The van der Waals surface area contributed by atoms with Gasteiger partial charge in [-0.1, -0.05) is 60.7 Å². The Morgan fingerprint density at radius 2 is 1.61 bits per heavy atom. The number of carbonyl (C=O) groups excluding carboxylic acids is 3. The topological polar surface area (TPSA) is 104 Å². The Kier molecular flexibility index (Phi) is 5.30. The number of urea groups is 1. The van der Waals surface area contributed by atoms with Crippen molar-refractivity contribution in [1.29, 1.82) is 0 Å². The Hall–Kier alpha value is -3.20. The van der Waals surface area contributed by atoms with Gasteiger partial charge in [-0.25, -0.2) is 13.2 Å². The van der Waals surface area contributed by atoms with Gasteiger partial charge in [-0.15, -0.1) is 0 Å². The summed E-state index contributed by atoms with van der Waals surface area (Å²) in [6, 6.07) is 16.7. The number of benzene rings is 2. The van der Waals surface area contributed by atoms with Crippen molar-refractivity contribution in [2.75, 3.05) is 25.1 Å². The van der Waals surface area contributed by atoms with E-state index in [1.165, 1.54) is 11.9 Å². The number of rotatable bonds is 5. The molecule has 0 radical (unpaired) electrons. The van der Waals surface area contributed by atoms with Gasteiger partial charge in [-0.3, -0.25) is 14.5 Å². The summed E-state index contributed by atoms with van der Waals surface area (Å²) >= 11 is 0. The van der Waals surface area contributed by atoms with E-state index in [-0.39, 0.29) is 11.5 Å². The molecule has 2 aromatic carbocycles. The number of likely N-dealkylation sites (N-methyl/N-ethyl adjacent to an activating group) is 1. The first-order valence-electron chi connectivity index (χ1n) is 9.96. The molecule has 8 nitrogen and oxygen atoms in total. The lowest BCUT2D eigenvalue weighted by Gasteiger charge is -2.28. The first-order chi connectivity index (χ1) is 14.7. The number of sulfone groups is 1. The lowest BCUT2D eigenvalue weighted by atomic mass is 9.82. The quantitative estimate of drug-likeness (QED) is 0.701. The summed E-state index contributed by atoms with van der Waals surface area (Å²) < 4.78 is 23.5. The number of hydrogen-bond donors (Lipinski definition) is 1. The van der Waals surface area contributed by atoms with E-state index in [1.807, 2.05) is 12.1 Å². The van der Waals surface area contributed by atoms with Gasteiger partial charge in [0.05, 0.1) is 11.5 Å². The van der Waals surface area contributed by atoms with E-state index >= 15 is 0 Å². The van der Waals surface area contributed by atoms with Crippen molar-refractivity contribution in [2.45, 2.75) is 18.0 Å². The van der Waals surface area contributed by atoms with Gasteiger partial charge in [-0.2, -0.15) is 0 Å². The highest BCUT2D eigenvalue weighted by atomic mass is 32.2. The molecule has 0 bridgehead atoms. The van der Waals surface area contributed by atoms with Crippen molar-refractivity contribution in [3.8, 4) is 0 Å². The zero-order valence-corrected chi connectivity index (χ0v) is 17.8. The minimum absolute atomic E-state index is 0.0313. The van der Waals surface area contributed by atoms with E-state index in [0.29, 0.717) is 17.5 Å². The van der Waals surface area contributed by atoms with Crippen LogP contribution in [0.25, 0.3) is 0 Å². The molecule has 2 aliphatic rings. The van der Waals surface area contributed by atoms with Crippen LogP contribution in [0.5, 0.6) is 0 Å². The van der Waals surface area contributed by atoms with E-state index in [4.69, 9.17) is 0 Å². The molecule has 2 heterocycles. The number of nitrogens with one attached hydrogen (secondary N) is 1. The summed E-state index contributed by atoms with van der Waals surface area (Å²) in [5, 5.41) is 2.80. The zero-order valence-electron chi connectivity index (χ0n) is 17.0. The Balaban J connectivity index is 1.63. The van der Waals surface area contributed by atoms with Crippen molar-refractivity contribution in [3.63, 3.8) is 0 Å². The van der Waals surface area contributed by atoms with Crippen molar-refractivity contribution < 1.29 is 22.8 Å². The Bertz CT molecular complexity index is 1080. The monoisotopic (exact) mass is 441 g/mol. The van der Waals surface area contributed by atoms with Gasteiger partial charge in [0.25, 0.3) is 5.91 Å². The summed E-state index contributed by atoms with van der Waals surface area (Å²) in [6.45, 7) is -0.459. The maximum Gasteiger partial charge on any atom is 0.326 e. The van der Waals surface area contributed by atoms with Gasteiger partial charge in [0, 0.05) is 13.1 Å². The molecule has 1 atom stereocenters. The van der Waals surface area contributed by atoms with Crippen molar-refractivity contribution >= 4 is 27.7 Å². The second-order valence-electron chi connectivity index (χ2n) is 7.87. The third-order valence-corrected chi connectivity index (χ3v) is 7.71. The highest BCUT2D eigenvalue weighted by molar-refractivity contribution is 7.91. The molecule has 0 saturated carbocycles. The van der Waals surface area contributed by atoms with E-state index in [2.05, 4.69) is 5.32 Å². The maximum absolute atomic E-state index is 13.6. The minimum Gasteiger partial charge on any atom is -0.340 e. The third kappa shape index (κ3) is 3.69. The molecule has 0 unspecified atom stereocenters. The first-order valence-corrected chi connectivity index (χ1v) is 11.8. The molecule has 162 valence electrons. The van der Waals surface area contributed by atoms with Gasteiger partial charge in [-0.05, 0) is 17.5 Å². The molecule has 9 heteroatoms. The van der Waals surface area contributed by atoms with Crippen LogP contribution < -0.4 is 5.32 Å². The fourth-order valence-electron chi connectivity index (χ4n) is 4.19. The van der Waals surface area contributed by atoms with Gasteiger partial charge in [0.2, 0.25) is 5.91 Å². The fourth-order valence-corrected chi connectivity index (χ4v) is 5.96. The van der Waals surface area contributed by atoms with Gasteiger partial charge in [0.15, 0.2) is 15.4 Å². The van der Waals surface area contributed by atoms with Crippen LogP contribution >= 0.6 is 0 Å². The van der Waals surface area contributed by atoms with Crippen LogP contribution in [0.2, 0.25) is 0 Å². The van der Waals surface area contributed by atoms with E-state index in [9.17, 15) is 22.8 Å². The first kappa shape index (κ1) is 21.0.